The van der Waals surface area contributed by atoms with Crippen molar-refractivity contribution in [3.63, 3.8) is 0 Å². The quantitative estimate of drug-likeness (QED) is 0.246. The number of amides is 1. The third-order valence-corrected chi connectivity index (χ3v) is 6.20. The zero-order valence-corrected chi connectivity index (χ0v) is 19.5. The van der Waals surface area contributed by atoms with Crippen molar-refractivity contribution >= 4 is 33.9 Å². The van der Waals surface area contributed by atoms with Crippen LogP contribution in [0, 0.1) is 17.0 Å². The van der Waals surface area contributed by atoms with E-state index in [1.165, 1.54) is 6.07 Å². The van der Waals surface area contributed by atoms with Crippen LogP contribution in [0.1, 0.15) is 15.9 Å². The molecule has 1 amide bonds. The maximum atomic E-state index is 12.9. The van der Waals surface area contributed by atoms with Gasteiger partial charge in [-0.05, 0) is 54.4 Å². The van der Waals surface area contributed by atoms with Crippen LogP contribution in [-0.2, 0) is 4.74 Å². The number of anilines is 2. The van der Waals surface area contributed by atoms with Gasteiger partial charge in [0.05, 0.1) is 23.7 Å². The summed E-state index contributed by atoms with van der Waals surface area (Å²) in [7, 11) is 0. The van der Waals surface area contributed by atoms with Gasteiger partial charge in [-0.3, -0.25) is 14.9 Å². The Bertz CT molecular complexity index is 1540. The fourth-order valence-electron chi connectivity index (χ4n) is 4.38. The second-order valence-electron chi connectivity index (χ2n) is 8.53. The molecule has 0 saturated carbocycles. The number of nitro groups is 1. The predicted octanol–water partition coefficient (Wildman–Crippen LogP) is 4.77. The number of hydrogen-bond donors (Lipinski definition) is 1. The van der Waals surface area contributed by atoms with Crippen LogP contribution in [0.25, 0.3) is 22.1 Å². The molecule has 0 atom stereocenters. The molecule has 36 heavy (non-hydrogen) atoms. The summed E-state index contributed by atoms with van der Waals surface area (Å²) in [6, 6.07) is 18.7. The van der Waals surface area contributed by atoms with E-state index in [1.807, 2.05) is 24.0 Å². The van der Waals surface area contributed by atoms with Crippen molar-refractivity contribution in [2.24, 2.45) is 0 Å². The molecule has 1 aromatic heterocycles. The molecule has 1 fully saturated rings. The number of aryl methyl sites for hydroxylation is 1. The van der Waals surface area contributed by atoms with E-state index < -0.39 is 16.5 Å². The van der Waals surface area contributed by atoms with Gasteiger partial charge in [-0.2, -0.15) is 0 Å². The SMILES string of the molecule is Cc1cc(NC(=O)c2ccc(N3CCOCC3)c([N+](=O)[O-])c2)ccc1-c1cc2ccccc2oc1=O. The van der Waals surface area contributed by atoms with E-state index >= 15 is 0 Å². The number of nitrogens with zero attached hydrogens (tertiary/aromatic N) is 2. The molecule has 9 heteroatoms. The molecule has 9 nitrogen and oxygen atoms in total. The summed E-state index contributed by atoms with van der Waals surface area (Å²) in [5.41, 5.74) is 2.98. The highest BCUT2D eigenvalue weighted by atomic mass is 16.6. The number of morpholine rings is 1. The molecule has 3 aromatic carbocycles. The molecule has 1 aliphatic rings. The molecule has 2 heterocycles. The second kappa shape index (κ2) is 9.63. The molecule has 1 saturated heterocycles. The van der Waals surface area contributed by atoms with Gasteiger partial charge in [0.1, 0.15) is 11.3 Å². The van der Waals surface area contributed by atoms with Gasteiger partial charge in [-0.25, -0.2) is 4.79 Å². The van der Waals surface area contributed by atoms with E-state index in [1.54, 1.807) is 48.5 Å². The van der Waals surface area contributed by atoms with E-state index in [0.717, 1.165) is 10.9 Å². The summed E-state index contributed by atoms with van der Waals surface area (Å²) in [6.45, 7) is 3.93. The number of benzene rings is 3. The minimum atomic E-state index is -0.477. The molecule has 0 bridgehead atoms. The molecule has 1 N–H and O–H groups in total. The minimum Gasteiger partial charge on any atom is -0.422 e. The topological polar surface area (TPSA) is 115 Å². The maximum Gasteiger partial charge on any atom is 0.344 e. The lowest BCUT2D eigenvalue weighted by molar-refractivity contribution is -0.384. The summed E-state index contributed by atoms with van der Waals surface area (Å²) >= 11 is 0. The first-order valence-electron chi connectivity index (χ1n) is 11.5. The molecule has 0 radical (unpaired) electrons. The normalized spacial score (nSPS) is 13.5. The van der Waals surface area contributed by atoms with Crippen molar-refractivity contribution in [2.45, 2.75) is 6.92 Å². The molecule has 0 aliphatic carbocycles. The molecular formula is C27H23N3O6. The lowest BCUT2D eigenvalue weighted by Gasteiger charge is -2.28. The van der Waals surface area contributed by atoms with Gasteiger partial charge in [0.15, 0.2) is 0 Å². The Labute approximate surface area is 206 Å². The molecule has 0 spiro atoms. The smallest absolute Gasteiger partial charge is 0.344 e. The number of rotatable bonds is 5. The summed E-state index contributed by atoms with van der Waals surface area (Å²) in [4.78, 5) is 38.6. The van der Waals surface area contributed by atoms with Gasteiger partial charge in [0, 0.05) is 35.8 Å². The number of para-hydroxylation sites is 1. The highest BCUT2D eigenvalue weighted by molar-refractivity contribution is 6.05. The summed E-state index contributed by atoms with van der Waals surface area (Å²) < 4.78 is 10.8. The lowest BCUT2D eigenvalue weighted by Crippen LogP contribution is -2.36. The van der Waals surface area contributed by atoms with E-state index in [0.29, 0.717) is 54.4 Å². The van der Waals surface area contributed by atoms with Crippen LogP contribution in [0.4, 0.5) is 17.1 Å². The Morgan fingerprint density at radius 1 is 1.00 bits per heavy atom. The third-order valence-electron chi connectivity index (χ3n) is 6.20. The minimum absolute atomic E-state index is 0.126. The Morgan fingerprint density at radius 2 is 1.78 bits per heavy atom. The number of carbonyl (C=O) groups excluding carboxylic acids is 1. The third kappa shape index (κ3) is 4.56. The first-order valence-corrected chi connectivity index (χ1v) is 11.5. The second-order valence-corrected chi connectivity index (χ2v) is 8.53. The first-order chi connectivity index (χ1) is 17.4. The zero-order chi connectivity index (χ0) is 25.2. The molecule has 1 aliphatic heterocycles. The van der Waals surface area contributed by atoms with Crippen molar-refractivity contribution < 1.29 is 18.9 Å². The molecule has 5 rings (SSSR count). The van der Waals surface area contributed by atoms with E-state index in [4.69, 9.17) is 9.15 Å². The first kappa shape index (κ1) is 23.3. The number of fused-ring (bicyclic) bond motifs is 1. The highest BCUT2D eigenvalue weighted by Gasteiger charge is 2.23. The van der Waals surface area contributed by atoms with Gasteiger partial charge in [-0.15, -0.1) is 0 Å². The van der Waals surface area contributed by atoms with Crippen molar-refractivity contribution in [3.05, 3.63) is 98.4 Å². The summed E-state index contributed by atoms with van der Waals surface area (Å²) in [5, 5.41) is 15.3. The van der Waals surface area contributed by atoms with E-state index in [2.05, 4.69) is 5.32 Å². The molecular weight excluding hydrogens is 462 g/mol. The van der Waals surface area contributed by atoms with Crippen molar-refractivity contribution in [2.75, 3.05) is 36.5 Å². The Morgan fingerprint density at radius 3 is 2.53 bits per heavy atom. The average molecular weight is 485 g/mol. The van der Waals surface area contributed by atoms with Crippen LogP contribution < -0.4 is 15.8 Å². The summed E-state index contributed by atoms with van der Waals surface area (Å²) in [6.07, 6.45) is 0. The maximum absolute atomic E-state index is 12.9. The lowest BCUT2D eigenvalue weighted by atomic mass is 10.0. The number of hydrogen-bond acceptors (Lipinski definition) is 7. The monoisotopic (exact) mass is 485 g/mol. The summed E-state index contributed by atoms with van der Waals surface area (Å²) in [5.74, 6) is -0.469. The van der Waals surface area contributed by atoms with Gasteiger partial charge < -0.3 is 19.4 Å². The fraction of sp³-hybridized carbons (Fsp3) is 0.185. The van der Waals surface area contributed by atoms with Gasteiger partial charge in [-0.1, -0.05) is 24.3 Å². The van der Waals surface area contributed by atoms with Gasteiger partial charge in [0.2, 0.25) is 0 Å². The van der Waals surface area contributed by atoms with Gasteiger partial charge in [0.25, 0.3) is 11.6 Å². The van der Waals surface area contributed by atoms with Crippen LogP contribution in [0.15, 0.2) is 75.9 Å². The van der Waals surface area contributed by atoms with Crippen LogP contribution >= 0.6 is 0 Å². The predicted molar refractivity (Wildman–Crippen MR) is 137 cm³/mol. The number of carbonyl (C=O) groups is 1. The van der Waals surface area contributed by atoms with Crippen molar-refractivity contribution in [1.29, 1.82) is 0 Å². The number of nitro benzene ring substituents is 1. The number of ether oxygens (including phenoxy) is 1. The van der Waals surface area contributed by atoms with Crippen molar-refractivity contribution in [1.82, 2.24) is 0 Å². The average Bonchev–Trinajstić information content (AvgIpc) is 2.88. The molecule has 4 aromatic rings. The zero-order valence-electron chi connectivity index (χ0n) is 19.5. The number of nitrogens with one attached hydrogen (secondary N) is 1. The van der Waals surface area contributed by atoms with Crippen LogP contribution in [0.3, 0.4) is 0 Å². The largest absolute Gasteiger partial charge is 0.422 e. The molecule has 0 unspecified atom stereocenters. The van der Waals surface area contributed by atoms with Crippen molar-refractivity contribution in [3.8, 4) is 11.1 Å². The molecule has 182 valence electrons. The fourth-order valence-corrected chi connectivity index (χ4v) is 4.38. The van der Waals surface area contributed by atoms with E-state index in [9.17, 15) is 19.7 Å². The van der Waals surface area contributed by atoms with Crippen LogP contribution in [0.5, 0.6) is 0 Å². The van der Waals surface area contributed by atoms with Crippen LogP contribution in [0.2, 0.25) is 0 Å². The van der Waals surface area contributed by atoms with Gasteiger partial charge >= 0.3 is 5.63 Å². The standard InChI is InChI=1S/C27H23N3O6/c1-17-14-20(7-8-21(17)22-15-18-4-2-3-5-25(18)36-27(22)32)28-26(31)19-6-9-23(24(16-19)30(33)34)29-10-12-35-13-11-29/h2-9,14-16H,10-13H2,1H3,(H,28,31). The Hall–Kier alpha value is -4.50. The Kier molecular flexibility index (Phi) is 6.22. The van der Waals surface area contributed by atoms with Crippen LogP contribution in [-0.4, -0.2) is 37.1 Å². The van der Waals surface area contributed by atoms with E-state index in [-0.39, 0.29) is 11.3 Å². The Balaban J connectivity index is 1.39. The highest BCUT2D eigenvalue weighted by Crippen LogP contribution is 2.31.